The summed E-state index contributed by atoms with van der Waals surface area (Å²) >= 11 is 0. The van der Waals surface area contributed by atoms with Crippen LogP contribution in [-0.4, -0.2) is 36.1 Å². The molecule has 0 saturated heterocycles. The Morgan fingerprint density at radius 3 is 2.36 bits per heavy atom. The first kappa shape index (κ1) is 18.3. The number of rotatable bonds is 7. The molecule has 0 aliphatic rings. The van der Waals surface area contributed by atoms with Crippen molar-refractivity contribution >= 4 is 11.8 Å². The number of nitrogens with one attached hydrogen (secondary N) is 2. The van der Waals surface area contributed by atoms with E-state index < -0.39 is 6.10 Å². The maximum atomic E-state index is 12.0. The maximum Gasteiger partial charge on any atom is 0.260 e. The topological polar surface area (TPSA) is 87.7 Å². The van der Waals surface area contributed by atoms with Crippen molar-refractivity contribution in [2.75, 3.05) is 13.1 Å². The number of ether oxygens (including phenoxy) is 1. The van der Waals surface area contributed by atoms with Crippen LogP contribution in [0.3, 0.4) is 0 Å². The minimum atomic E-state index is -0.684. The summed E-state index contributed by atoms with van der Waals surface area (Å²) in [6.07, 6.45) is -0.684. The van der Waals surface area contributed by atoms with E-state index in [2.05, 4.69) is 10.6 Å². The van der Waals surface area contributed by atoms with Crippen LogP contribution in [0.2, 0.25) is 0 Å². The van der Waals surface area contributed by atoms with Crippen molar-refractivity contribution in [2.24, 2.45) is 0 Å². The number of benzene rings is 2. The number of aromatic hydroxyl groups is 1. The second kappa shape index (κ2) is 8.73. The van der Waals surface area contributed by atoms with Gasteiger partial charge in [0.2, 0.25) is 0 Å². The lowest BCUT2D eigenvalue weighted by Gasteiger charge is -2.15. The first-order valence-corrected chi connectivity index (χ1v) is 8.04. The van der Waals surface area contributed by atoms with Gasteiger partial charge in [-0.1, -0.05) is 18.2 Å². The molecule has 0 aromatic heterocycles. The SMILES string of the molecule is Cc1ccccc1C(=O)NCCNC(=O)C(C)Oc1ccc(O)cc1. The van der Waals surface area contributed by atoms with Crippen LogP contribution >= 0.6 is 0 Å². The van der Waals surface area contributed by atoms with Gasteiger partial charge in [0.15, 0.2) is 6.10 Å². The van der Waals surface area contributed by atoms with Crippen molar-refractivity contribution in [3.8, 4) is 11.5 Å². The van der Waals surface area contributed by atoms with E-state index in [1.165, 1.54) is 12.1 Å². The van der Waals surface area contributed by atoms with Crippen molar-refractivity contribution in [3.05, 3.63) is 59.7 Å². The number of hydrogen-bond donors (Lipinski definition) is 3. The van der Waals surface area contributed by atoms with Crippen molar-refractivity contribution in [2.45, 2.75) is 20.0 Å². The third-order valence-electron chi connectivity index (χ3n) is 3.62. The van der Waals surface area contributed by atoms with Crippen LogP contribution < -0.4 is 15.4 Å². The molecule has 2 aromatic carbocycles. The van der Waals surface area contributed by atoms with E-state index in [0.717, 1.165) is 5.56 Å². The Hall–Kier alpha value is -3.02. The molecule has 2 aromatic rings. The molecular formula is C19H22N2O4. The van der Waals surface area contributed by atoms with Gasteiger partial charge in [-0.25, -0.2) is 0 Å². The van der Waals surface area contributed by atoms with Gasteiger partial charge in [-0.3, -0.25) is 9.59 Å². The molecule has 3 N–H and O–H groups in total. The molecule has 0 aliphatic heterocycles. The number of phenols is 1. The predicted molar refractivity (Wildman–Crippen MR) is 94.7 cm³/mol. The molecule has 25 heavy (non-hydrogen) atoms. The Balaban J connectivity index is 1.72. The molecule has 0 heterocycles. The molecule has 2 amide bonds. The molecule has 1 unspecified atom stereocenters. The zero-order valence-corrected chi connectivity index (χ0v) is 14.3. The van der Waals surface area contributed by atoms with Gasteiger partial charge in [-0.2, -0.15) is 0 Å². The van der Waals surface area contributed by atoms with Crippen LogP contribution in [0.1, 0.15) is 22.8 Å². The lowest BCUT2D eigenvalue weighted by atomic mass is 10.1. The standard InChI is InChI=1S/C19H22N2O4/c1-13-5-3-4-6-17(13)19(24)21-12-11-20-18(23)14(2)25-16-9-7-15(22)8-10-16/h3-10,14,22H,11-12H2,1-2H3,(H,20,23)(H,21,24). The zero-order chi connectivity index (χ0) is 18.2. The fourth-order valence-corrected chi connectivity index (χ4v) is 2.21. The molecule has 0 radical (unpaired) electrons. The lowest BCUT2D eigenvalue weighted by molar-refractivity contribution is -0.127. The molecule has 0 saturated carbocycles. The Labute approximate surface area is 146 Å². The van der Waals surface area contributed by atoms with Gasteiger partial charge in [-0.05, 0) is 49.7 Å². The van der Waals surface area contributed by atoms with Gasteiger partial charge in [0.25, 0.3) is 11.8 Å². The number of aryl methyl sites for hydroxylation is 1. The number of amides is 2. The van der Waals surface area contributed by atoms with Gasteiger partial charge in [-0.15, -0.1) is 0 Å². The highest BCUT2D eigenvalue weighted by molar-refractivity contribution is 5.95. The van der Waals surface area contributed by atoms with Gasteiger partial charge < -0.3 is 20.5 Å². The van der Waals surface area contributed by atoms with Gasteiger partial charge in [0, 0.05) is 18.7 Å². The van der Waals surface area contributed by atoms with Crippen LogP contribution in [0.25, 0.3) is 0 Å². The highest BCUT2D eigenvalue weighted by Crippen LogP contribution is 2.17. The normalized spacial score (nSPS) is 11.4. The number of hydrogen-bond acceptors (Lipinski definition) is 4. The second-order valence-electron chi connectivity index (χ2n) is 5.62. The van der Waals surface area contributed by atoms with Gasteiger partial charge in [0.1, 0.15) is 11.5 Å². The van der Waals surface area contributed by atoms with Crippen molar-refractivity contribution < 1.29 is 19.4 Å². The largest absolute Gasteiger partial charge is 0.508 e. The molecule has 0 spiro atoms. The first-order chi connectivity index (χ1) is 12.0. The third-order valence-corrected chi connectivity index (χ3v) is 3.62. The van der Waals surface area contributed by atoms with E-state index in [1.54, 1.807) is 25.1 Å². The Kier molecular flexibility index (Phi) is 6.39. The zero-order valence-electron chi connectivity index (χ0n) is 14.3. The lowest BCUT2D eigenvalue weighted by Crippen LogP contribution is -2.40. The summed E-state index contributed by atoms with van der Waals surface area (Å²) in [6.45, 7) is 4.14. The van der Waals surface area contributed by atoms with Crippen molar-refractivity contribution in [3.63, 3.8) is 0 Å². The molecule has 0 fully saturated rings. The first-order valence-electron chi connectivity index (χ1n) is 8.04. The fourth-order valence-electron chi connectivity index (χ4n) is 2.21. The van der Waals surface area contributed by atoms with Crippen molar-refractivity contribution in [1.82, 2.24) is 10.6 Å². The second-order valence-corrected chi connectivity index (χ2v) is 5.62. The smallest absolute Gasteiger partial charge is 0.260 e. The summed E-state index contributed by atoms with van der Waals surface area (Å²) < 4.78 is 5.48. The summed E-state index contributed by atoms with van der Waals surface area (Å²) in [5.41, 5.74) is 1.53. The predicted octanol–water partition coefficient (Wildman–Crippen LogP) is 2.01. The molecule has 1 atom stereocenters. The highest BCUT2D eigenvalue weighted by atomic mass is 16.5. The van der Waals surface area contributed by atoms with E-state index in [1.807, 2.05) is 25.1 Å². The molecule has 0 aliphatic carbocycles. The van der Waals surface area contributed by atoms with E-state index in [-0.39, 0.29) is 17.6 Å². The van der Waals surface area contributed by atoms with Crippen LogP contribution in [0.5, 0.6) is 11.5 Å². The summed E-state index contributed by atoms with van der Waals surface area (Å²) in [5.74, 6) is 0.182. The fraction of sp³-hybridized carbons (Fsp3) is 0.263. The molecule has 6 heteroatoms. The summed E-state index contributed by atoms with van der Waals surface area (Å²) in [7, 11) is 0. The van der Waals surface area contributed by atoms with Crippen LogP contribution in [-0.2, 0) is 4.79 Å². The van der Waals surface area contributed by atoms with Crippen LogP contribution in [0.4, 0.5) is 0 Å². The van der Waals surface area contributed by atoms with E-state index in [4.69, 9.17) is 4.74 Å². The minimum absolute atomic E-state index is 0.133. The Morgan fingerprint density at radius 1 is 1.04 bits per heavy atom. The average molecular weight is 342 g/mol. The van der Waals surface area contributed by atoms with E-state index in [9.17, 15) is 14.7 Å². The molecule has 132 valence electrons. The van der Waals surface area contributed by atoms with E-state index >= 15 is 0 Å². The van der Waals surface area contributed by atoms with Crippen LogP contribution in [0, 0.1) is 6.92 Å². The third kappa shape index (κ3) is 5.53. The minimum Gasteiger partial charge on any atom is -0.508 e. The maximum absolute atomic E-state index is 12.0. The van der Waals surface area contributed by atoms with Gasteiger partial charge in [0.05, 0.1) is 0 Å². The summed E-state index contributed by atoms with van der Waals surface area (Å²) in [6, 6.07) is 13.5. The Morgan fingerprint density at radius 2 is 1.68 bits per heavy atom. The average Bonchev–Trinajstić information content (AvgIpc) is 2.60. The molecule has 2 rings (SSSR count). The van der Waals surface area contributed by atoms with Crippen molar-refractivity contribution in [1.29, 1.82) is 0 Å². The summed E-state index contributed by atoms with van der Waals surface area (Å²) in [5, 5.41) is 14.7. The summed E-state index contributed by atoms with van der Waals surface area (Å²) in [4.78, 5) is 24.0. The monoisotopic (exact) mass is 342 g/mol. The Bertz CT molecular complexity index is 728. The molecular weight excluding hydrogens is 320 g/mol. The highest BCUT2D eigenvalue weighted by Gasteiger charge is 2.14. The number of carbonyl (C=O) groups is 2. The molecule has 6 nitrogen and oxygen atoms in total. The van der Waals surface area contributed by atoms with Crippen LogP contribution in [0.15, 0.2) is 48.5 Å². The quantitative estimate of drug-likeness (QED) is 0.672. The van der Waals surface area contributed by atoms with Gasteiger partial charge >= 0.3 is 0 Å². The number of carbonyl (C=O) groups excluding carboxylic acids is 2. The van der Waals surface area contributed by atoms with E-state index in [0.29, 0.717) is 24.4 Å². The number of phenolic OH excluding ortho intramolecular Hbond substituents is 1. The molecule has 0 bridgehead atoms.